The van der Waals surface area contributed by atoms with E-state index >= 15 is 0 Å². The van der Waals surface area contributed by atoms with E-state index in [0.717, 1.165) is 5.57 Å². The van der Waals surface area contributed by atoms with Crippen LogP contribution in [-0.4, -0.2) is 25.2 Å². The van der Waals surface area contributed by atoms with Crippen LogP contribution >= 0.6 is 0 Å². The largest absolute Gasteiger partial charge is 0.466 e. The van der Waals surface area contributed by atoms with Crippen LogP contribution in [-0.2, 0) is 19.1 Å². The van der Waals surface area contributed by atoms with Crippen molar-refractivity contribution in [3.8, 4) is 0 Å². The van der Waals surface area contributed by atoms with Gasteiger partial charge in [-0.15, -0.1) is 0 Å². The maximum atomic E-state index is 11.9. The maximum Gasteiger partial charge on any atom is 0.338 e. The van der Waals surface area contributed by atoms with E-state index in [1.807, 2.05) is 19.1 Å². The lowest BCUT2D eigenvalue weighted by atomic mass is 10.0. The fraction of sp³-hybridized carbons (Fsp3) is 0.467. The van der Waals surface area contributed by atoms with Crippen molar-refractivity contribution in [1.29, 1.82) is 0 Å². The Morgan fingerprint density at radius 3 is 2.47 bits per heavy atom. The molecule has 0 saturated heterocycles. The van der Waals surface area contributed by atoms with Gasteiger partial charge in [0.15, 0.2) is 0 Å². The highest BCUT2D eigenvalue weighted by Gasteiger charge is 2.19. The Morgan fingerprint density at radius 1 is 1.16 bits per heavy atom. The van der Waals surface area contributed by atoms with Gasteiger partial charge in [0, 0.05) is 0 Å². The van der Waals surface area contributed by atoms with Crippen LogP contribution in [0.2, 0.25) is 0 Å². The Hall–Kier alpha value is -1.84. The van der Waals surface area contributed by atoms with Crippen molar-refractivity contribution in [2.45, 2.75) is 33.6 Å². The molecule has 0 N–H and O–H groups in total. The zero-order valence-corrected chi connectivity index (χ0v) is 11.7. The molecule has 104 valence electrons. The molecule has 0 amide bonds. The van der Waals surface area contributed by atoms with E-state index in [1.54, 1.807) is 19.9 Å². The van der Waals surface area contributed by atoms with Crippen LogP contribution in [0.15, 0.2) is 34.9 Å². The zero-order valence-electron chi connectivity index (χ0n) is 11.7. The predicted octanol–water partition coefficient (Wildman–Crippen LogP) is 2.71. The molecule has 4 heteroatoms. The number of allylic oxidation sites excluding steroid dienone is 4. The van der Waals surface area contributed by atoms with Crippen molar-refractivity contribution in [2.75, 3.05) is 13.2 Å². The number of hydrogen-bond acceptors (Lipinski definition) is 4. The van der Waals surface area contributed by atoms with Gasteiger partial charge in [-0.05, 0) is 38.8 Å². The van der Waals surface area contributed by atoms with Gasteiger partial charge in [0.05, 0.1) is 25.2 Å². The van der Waals surface area contributed by atoms with Crippen molar-refractivity contribution in [3.63, 3.8) is 0 Å². The third-order valence-electron chi connectivity index (χ3n) is 2.69. The summed E-state index contributed by atoms with van der Waals surface area (Å²) in [5, 5.41) is 0. The van der Waals surface area contributed by atoms with Crippen LogP contribution < -0.4 is 0 Å². The number of hydrogen-bond donors (Lipinski definition) is 0. The van der Waals surface area contributed by atoms with Crippen LogP contribution in [0, 0.1) is 0 Å². The Morgan fingerprint density at radius 2 is 1.84 bits per heavy atom. The van der Waals surface area contributed by atoms with Gasteiger partial charge in [0.25, 0.3) is 0 Å². The van der Waals surface area contributed by atoms with Crippen LogP contribution in [0.25, 0.3) is 0 Å². The highest BCUT2D eigenvalue weighted by atomic mass is 16.5. The second kappa shape index (κ2) is 7.56. The summed E-state index contributed by atoms with van der Waals surface area (Å²) in [6, 6.07) is 0. The van der Waals surface area contributed by atoms with Crippen molar-refractivity contribution >= 4 is 11.9 Å². The Kier molecular flexibility index (Phi) is 6.06. The summed E-state index contributed by atoms with van der Waals surface area (Å²) in [6.45, 7) is 6.13. The third kappa shape index (κ3) is 4.73. The highest BCUT2D eigenvalue weighted by molar-refractivity contribution is 5.95. The molecule has 0 fully saturated rings. The number of carbonyl (C=O) groups is 2. The normalized spacial score (nSPS) is 14.8. The van der Waals surface area contributed by atoms with E-state index in [9.17, 15) is 9.59 Å². The fourth-order valence-electron chi connectivity index (χ4n) is 1.74. The number of carbonyl (C=O) groups excluding carboxylic acids is 2. The first kappa shape index (κ1) is 15.2. The number of ether oxygens (including phenoxy) is 2. The fourth-order valence-corrected chi connectivity index (χ4v) is 1.74. The molecule has 1 aliphatic carbocycles. The van der Waals surface area contributed by atoms with Crippen LogP contribution in [0.4, 0.5) is 0 Å². The molecule has 0 radical (unpaired) electrons. The molecule has 0 aromatic heterocycles. The van der Waals surface area contributed by atoms with Gasteiger partial charge in [-0.3, -0.25) is 4.79 Å². The van der Waals surface area contributed by atoms with Crippen molar-refractivity contribution in [1.82, 2.24) is 0 Å². The van der Waals surface area contributed by atoms with Crippen LogP contribution in [0.1, 0.15) is 33.6 Å². The number of rotatable bonds is 5. The van der Waals surface area contributed by atoms with Crippen molar-refractivity contribution in [3.05, 3.63) is 34.9 Å². The minimum Gasteiger partial charge on any atom is -0.466 e. The van der Waals surface area contributed by atoms with Gasteiger partial charge in [0.2, 0.25) is 0 Å². The Labute approximate surface area is 113 Å². The van der Waals surface area contributed by atoms with E-state index in [-0.39, 0.29) is 12.4 Å². The van der Waals surface area contributed by atoms with Crippen LogP contribution in [0.3, 0.4) is 0 Å². The molecule has 0 unspecified atom stereocenters. The monoisotopic (exact) mass is 264 g/mol. The van der Waals surface area contributed by atoms with Crippen LogP contribution in [0.5, 0.6) is 0 Å². The average Bonchev–Trinajstić information content (AvgIpc) is 2.53. The molecular weight excluding hydrogens is 244 g/mol. The van der Waals surface area contributed by atoms with Gasteiger partial charge >= 0.3 is 11.9 Å². The molecule has 0 bridgehead atoms. The lowest BCUT2D eigenvalue weighted by Gasteiger charge is -2.10. The number of esters is 2. The zero-order chi connectivity index (χ0) is 14.3. The van der Waals surface area contributed by atoms with E-state index < -0.39 is 5.97 Å². The molecule has 0 aromatic rings. The molecule has 0 heterocycles. The lowest BCUT2D eigenvalue weighted by molar-refractivity contribution is -0.142. The van der Waals surface area contributed by atoms with Gasteiger partial charge in [-0.25, -0.2) is 4.79 Å². The molecule has 0 atom stereocenters. The molecule has 1 aliphatic rings. The highest BCUT2D eigenvalue weighted by Crippen LogP contribution is 2.22. The molecule has 0 spiro atoms. The Balaban J connectivity index is 2.91. The minimum atomic E-state index is -0.399. The first-order valence-corrected chi connectivity index (χ1v) is 6.48. The van der Waals surface area contributed by atoms with Gasteiger partial charge in [-0.2, -0.15) is 0 Å². The second-order valence-electron chi connectivity index (χ2n) is 4.23. The standard InChI is InChI=1S/C15H20O4/c1-4-18-14(16)10-12-8-6-11(3)7-9-13(12)15(17)19-5-2/h7-9H,4-6,10H2,1-3H3. The predicted molar refractivity (Wildman–Crippen MR) is 72.4 cm³/mol. The van der Waals surface area contributed by atoms with Crippen molar-refractivity contribution in [2.24, 2.45) is 0 Å². The summed E-state index contributed by atoms with van der Waals surface area (Å²) in [4.78, 5) is 23.5. The molecule has 19 heavy (non-hydrogen) atoms. The SMILES string of the molecule is CCOC(=O)CC1=CCC(C)=CC=C1C(=O)OCC. The smallest absolute Gasteiger partial charge is 0.338 e. The summed E-state index contributed by atoms with van der Waals surface area (Å²) >= 11 is 0. The topological polar surface area (TPSA) is 52.6 Å². The average molecular weight is 264 g/mol. The minimum absolute atomic E-state index is 0.0968. The Bertz CT molecular complexity index is 441. The van der Waals surface area contributed by atoms with E-state index in [4.69, 9.17) is 9.47 Å². The quantitative estimate of drug-likeness (QED) is 0.716. The molecule has 1 rings (SSSR count). The first-order valence-electron chi connectivity index (χ1n) is 6.48. The third-order valence-corrected chi connectivity index (χ3v) is 2.69. The van der Waals surface area contributed by atoms with Gasteiger partial charge < -0.3 is 9.47 Å². The molecule has 0 saturated carbocycles. The molecule has 0 aliphatic heterocycles. The van der Waals surface area contributed by atoms with E-state index in [0.29, 0.717) is 30.8 Å². The summed E-state index contributed by atoms with van der Waals surface area (Å²) in [5.41, 5.74) is 2.23. The summed E-state index contributed by atoms with van der Waals surface area (Å²) in [6.07, 6.45) is 6.29. The summed E-state index contributed by atoms with van der Waals surface area (Å²) in [5.74, 6) is -0.729. The molecular formula is C15H20O4. The molecule has 4 nitrogen and oxygen atoms in total. The van der Waals surface area contributed by atoms with Gasteiger partial charge in [-0.1, -0.05) is 17.7 Å². The summed E-state index contributed by atoms with van der Waals surface area (Å²) < 4.78 is 9.94. The van der Waals surface area contributed by atoms with Gasteiger partial charge in [0.1, 0.15) is 0 Å². The second-order valence-corrected chi connectivity index (χ2v) is 4.23. The van der Waals surface area contributed by atoms with Crippen molar-refractivity contribution < 1.29 is 19.1 Å². The van der Waals surface area contributed by atoms with E-state index in [1.165, 1.54) is 0 Å². The lowest BCUT2D eigenvalue weighted by Crippen LogP contribution is -2.13. The summed E-state index contributed by atoms with van der Waals surface area (Å²) in [7, 11) is 0. The first-order chi connectivity index (χ1) is 9.08. The maximum absolute atomic E-state index is 11.9. The van der Waals surface area contributed by atoms with E-state index in [2.05, 4.69) is 0 Å². The molecule has 0 aromatic carbocycles.